The third-order valence-electron chi connectivity index (χ3n) is 3.71. The normalized spacial score (nSPS) is 13.2. The predicted molar refractivity (Wildman–Crippen MR) is 72.6 cm³/mol. The Balaban J connectivity index is 2.01. The third-order valence-corrected chi connectivity index (χ3v) is 3.71. The second-order valence-corrected chi connectivity index (χ2v) is 4.96. The van der Waals surface area contributed by atoms with Crippen LogP contribution < -0.4 is 0 Å². The highest BCUT2D eigenvalue weighted by Crippen LogP contribution is 2.33. The van der Waals surface area contributed by atoms with Crippen molar-refractivity contribution in [1.29, 1.82) is 0 Å². The fraction of sp³-hybridized carbons (Fsp3) is 0.250. The predicted octanol–water partition coefficient (Wildman–Crippen LogP) is 2.99. The Labute approximate surface area is 110 Å². The molecule has 0 saturated carbocycles. The van der Waals surface area contributed by atoms with Crippen molar-refractivity contribution >= 4 is 22.5 Å². The molecule has 0 aliphatic heterocycles. The summed E-state index contributed by atoms with van der Waals surface area (Å²) >= 11 is 0. The minimum Gasteiger partial charge on any atom is -0.481 e. The van der Waals surface area contributed by atoms with Crippen LogP contribution in [0.1, 0.15) is 34.3 Å². The van der Waals surface area contributed by atoms with Gasteiger partial charge in [0.1, 0.15) is 0 Å². The summed E-state index contributed by atoms with van der Waals surface area (Å²) in [5.41, 5.74) is 3.04. The molecular weight excluding hydrogens is 240 g/mol. The van der Waals surface area contributed by atoms with Crippen LogP contribution in [0.3, 0.4) is 0 Å². The van der Waals surface area contributed by atoms with Gasteiger partial charge in [-0.25, -0.2) is 0 Å². The Morgan fingerprint density at radius 2 is 2.05 bits per heavy atom. The Morgan fingerprint density at radius 3 is 2.84 bits per heavy atom. The zero-order chi connectivity index (χ0) is 13.4. The molecule has 2 aromatic carbocycles. The summed E-state index contributed by atoms with van der Waals surface area (Å²) in [4.78, 5) is 22.5. The number of aryl methyl sites for hydroxylation is 1. The maximum Gasteiger partial charge on any atom is 0.303 e. The number of rotatable bonds is 4. The molecule has 1 N–H and O–H groups in total. The van der Waals surface area contributed by atoms with Crippen molar-refractivity contribution in [3.05, 3.63) is 47.0 Å². The minimum atomic E-state index is -0.763. The molecule has 0 bridgehead atoms. The van der Waals surface area contributed by atoms with Gasteiger partial charge in [0.05, 0.1) is 0 Å². The number of Topliss-reactive ketones (excluding diaryl/α,β-unsaturated/α-hetero) is 1. The molecule has 96 valence electrons. The summed E-state index contributed by atoms with van der Waals surface area (Å²) in [5.74, 6) is -0.579. The molecule has 0 spiro atoms. The molecule has 0 aromatic heterocycles. The van der Waals surface area contributed by atoms with Gasteiger partial charge in [0.25, 0.3) is 0 Å². The van der Waals surface area contributed by atoms with Gasteiger partial charge in [-0.15, -0.1) is 0 Å². The van der Waals surface area contributed by atoms with Crippen molar-refractivity contribution < 1.29 is 14.7 Å². The molecule has 0 amide bonds. The van der Waals surface area contributed by atoms with Gasteiger partial charge in [-0.2, -0.15) is 0 Å². The van der Waals surface area contributed by atoms with Crippen LogP contribution in [-0.4, -0.2) is 16.9 Å². The molecule has 3 nitrogen and oxygen atoms in total. The zero-order valence-corrected chi connectivity index (χ0v) is 10.5. The monoisotopic (exact) mass is 254 g/mol. The van der Waals surface area contributed by atoms with E-state index in [1.165, 1.54) is 0 Å². The molecule has 3 rings (SSSR count). The Morgan fingerprint density at radius 1 is 1.21 bits per heavy atom. The highest BCUT2D eigenvalue weighted by molar-refractivity contribution is 6.16. The summed E-state index contributed by atoms with van der Waals surface area (Å²) in [5, 5.41) is 10.9. The van der Waals surface area contributed by atoms with Gasteiger partial charge in [0.15, 0.2) is 5.78 Å². The van der Waals surface area contributed by atoms with E-state index in [9.17, 15) is 9.59 Å². The fourth-order valence-electron chi connectivity index (χ4n) is 2.84. The lowest BCUT2D eigenvalue weighted by Crippen LogP contribution is -1.96. The van der Waals surface area contributed by atoms with Gasteiger partial charge in [0, 0.05) is 18.4 Å². The van der Waals surface area contributed by atoms with Crippen LogP contribution in [0.15, 0.2) is 30.3 Å². The topological polar surface area (TPSA) is 54.4 Å². The second kappa shape index (κ2) is 4.50. The summed E-state index contributed by atoms with van der Waals surface area (Å²) in [6.45, 7) is 0. The van der Waals surface area contributed by atoms with Crippen molar-refractivity contribution in [3.8, 4) is 0 Å². The number of ketones is 1. The first-order valence-electron chi connectivity index (χ1n) is 6.45. The molecule has 19 heavy (non-hydrogen) atoms. The number of benzene rings is 2. The van der Waals surface area contributed by atoms with Crippen molar-refractivity contribution in [2.45, 2.75) is 25.7 Å². The number of carbonyl (C=O) groups excluding carboxylic acids is 1. The number of hydrogen-bond acceptors (Lipinski definition) is 2. The maximum atomic E-state index is 11.9. The zero-order valence-electron chi connectivity index (χ0n) is 10.5. The van der Waals surface area contributed by atoms with Gasteiger partial charge >= 0.3 is 5.97 Å². The van der Waals surface area contributed by atoms with Crippen molar-refractivity contribution in [3.63, 3.8) is 0 Å². The van der Waals surface area contributed by atoms with E-state index in [2.05, 4.69) is 0 Å². The van der Waals surface area contributed by atoms with Crippen LogP contribution in [0.4, 0.5) is 0 Å². The van der Waals surface area contributed by atoms with E-state index in [-0.39, 0.29) is 12.2 Å². The largest absolute Gasteiger partial charge is 0.481 e. The van der Waals surface area contributed by atoms with E-state index in [0.717, 1.165) is 33.9 Å². The van der Waals surface area contributed by atoms with E-state index >= 15 is 0 Å². The van der Waals surface area contributed by atoms with Gasteiger partial charge in [-0.3, -0.25) is 9.59 Å². The molecule has 0 radical (unpaired) electrons. The summed E-state index contributed by atoms with van der Waals surface area (Å²) in [6.07, 6.45) is 2.04. The van der Waals surface area contributed by atoms with Crippen LogP contribution in [0.5, 0.6) is 0 Å². The minimum absolute atomic E-state index is 0.182. The van der Waals surface area contributed by atoms with Crippen molar-refractivity contribution in [2.24, 2.45) is 0 Å². The lowest BCUT2D eigenvalue weighted by atomic mass is 9.97. The SMILES string of the molecule is O=C(O)CCCc1ccc2c3c(cccc13)C(=O)C2. The molecule has 3 heteroatoms. The highest BCUT2D eigenvalue weighted by Gasteiger charge is 2.22. The van der Waals surface area contributed by atoms with Crippen molar-refractivity contribution in [1.82, 2.24) is 0 Å². The van der Waals surface area contributed by atoms with Crippen molar-refractivity contribution in [2.75, 3.05) is 0 Å². The first kappa shape index (κ1) is 11.9. The molecule has 0 heterocycles. The summed E-state index contributed by atoms with van der Waals surface area (Å²) in [7, 11) is 0. The standard InChI is InChI=1S/C16H14O3/c17-14-9-11-8-7-10(3-1-6-15(18)19)12-4-2-5-13(14)16(11)12/h2,4-5,7-8H,1,3,6,9H2,(H,18,19). The molecule has 1 aliphatic rings. The Bertz CT molecular complexity index is 686. The average molecular weight is 254 g/mol. The lowest BCUT2D eigenvalue weighted by molar-refractivity contribution is -0.137. The summed E-state index contributed by atoms with van der Waals surface area (Å²) in [6, 6.07) is 9.85. The maximum absolute atomic E-state index is 11.9. The molecule has 0 fully saturated rings. The Hall–Kier alpha value is -2.16. The number of aliphatic carboxylic acids is 1. The smallest absolute Gasteiger partial charge is 0.303 e. The highest BCUT2D eigenvalue weighted by atomic mass is 16.4. The third kappa shape index (κ3) is 2.01. The average Bonchev–Trinajstić information content (AvgIpc) is 2.71. The fourth-order valence-corrected chi connectivity index (χ4v) is 2.84. The van der Waals surface area contributed by atoms with Crippen LogP contribution in [0, 0.1) is 0 Å². The van der Waals surface area contributed by atoms with Gasteiger partial charge in [-0.05, 0) is 34.7 Å². The second-order valence-electron chi connectivity index (χ2n) is 4.96. The van der Waals surface area contributed by atoms with Crippen LogP contribution in [-0.2, 0) is 17.6 Å². The number of carboxylic acids is 1. The quantitative estimate of drug-likeness (QED) is 0.912. The first-order valence-corrected chi connectivity index (χ1v) is 6.45. The number of hydrogen-bond donors (Lipinski definition) is 1. The summed E-state index contributed by atoms with van der Waals surface area (Å²) < 4.78 is 0. The molecule has 0 atom stereocenters. The first-order chi connectivity index (χ1) is 9.16. The lowest BCUT2D eigenvalue weighted by Gasteiger charge is -2.07. The van der Waals surface area contributed by atoms with E-state index < -0.39 is 5.97 Å². The van der Waals surface area contributed by atoms with E-state index in [4.69, 9.17) is 5.11 Å². The molecular formula is C16H14O3. The van der Waals surface area contributed by atoms with Crippen LogP contribution in [0.25, 0.3) is 10.8 Å². The molecule has 2 aromatic rings. The molecule has 1 aliphatic carbocycles. The van der Waals surface area contributed by atoms with E-state index in [1.807, 2.05) is 30.3 Å². The van der Waals surface area contributed by atoms with Crippen LogP contribution >= 0.6 is 0 Å². The molecule has 0 unspecified atom stereocenters. The number of carbonyl (C=O) groups is 2. The van der Waals surface area contributed by atoms with E-state index in [0.29, 0.717) is 12.8 Å². The van der Waals surface area contributed by atoms with Gasteiger partial charge < -0.3 is 5.11 Å². The van der Waals surface area contributed by atoms with Gasteiger partial charge in [0.2, 0.25) is 0 Å². The van der Waals surface area contributed by atoms with E-state index in [1.54, 1.807) is 0 Å². The van der Waals surface area contributed by atoms with Gasteiger partial charge in [-0.1, -0.05) is 30.3 Å². The molecule has 0 saturated heterocycles. The Kier molecular flexibility index (Phi) is 2.82. The number of carboxylic acid groups (broad SMARTS) is 1. The van der Waals surface area contributed by atoms with Crippen LogP contribution in [0.2, 0.25) is 0 Å².